The number of hydrogen-bond donors (Lipinski definition) is 1. The Morgan fingerprint density at radius 2 is 1.78 bits per heavy atom. The van der Waals surface area contributed by atoms with Gasteiger partial charge in [-0.2, -0.15) is 0 Å². The van der Waals surface area contributed by atoms with Crippen molar-refractivity contribution >= 4 is 78.9 Å². The van der Waals surface area contributed by atoms with Gasteiger partial charge in [0.25, 0.3) is 11.1 Å². The molecule has 1 saturated heterocycles. The fourth-order valence-electron chi connectivity index (χ4n) is 4.30. The van der Waals surface area contributed by atoms with Crippen molar-refractivity contribution in [2.45, 2.75) is 13.5 Å². The minimum atomic E-state index is -0.541. The lowest BCUT2D eigenvalue weighted by molar-refractivity contribution is -0.127. The van der Waals surface area contributed by atoms with Gasteiger partial charge in [0.05, 0.1) is 16.0 Å². The first-order valence-electron chi connectivity index (χ1n) is 12.7. The average Bonchev–Trinajstić information content (AvgIpc) is 3.21. The van der Waals surface area contributed by atoms with E-state index in [0.717, 1.165) is 33.0 Å². The number of carbonyl (C=O) groups excluding carboxylic acids is 3. The van der Waals surface area contributed by atoms with E-state index in [2.05, 4.69) is 21.2 Å². The first kappa shape index (κ1) is 28.7. The smallest absolute Gasteiger partial charge is 0.294 e. The van der Waals surface area contributed by atoms with Gasteiger partial charge >= 0.3 is 0 Å². The van der Waals surface area contributed by atoms with Gasteiger partial charge in [-0.3, -0.25) is 19.3 Å². The fourth-order valence-corrected chi connectivity index (χ4v) is 5.90. The molecule has 1 aliphatic rings. The van der Waals surface area contributed by atoms with E-state index in [-0.39, 0.29) is 11.5 Å². The van der Waals surface area contributed by atoms with Crippen LogP contribution in [0.2, 0.25) is 5.02 Å². The highest BCUT2D eigenvalue weighted by atomic mass is 79.9. The van der Waals surface area contributed by atoms with E-state index >= 15 is 0 Å². The maximum absolute atomic E-state index is 13.1. The van der Waals surface area contributed by atoms with Crippen LogP contribution in [0.3, 0.4) is 0 Å². The summed E-state index contributed by atoms with van der Waals surface area (Å²) in [6.07, 6.45) is 1.60. The van der Waals surface area contributed by atoms with Gasteiger partial charge in [-0.25, -0.2) is 0 Å². The van der Waals surface area contributed by atoms with Crippen LogP contribution in [0.25, 0.3) is 16.8 Å². The third-order valence-electron chi connectivity index (χ3n) is 6.20. The molecule has 3 amide bonds. The van der Waals surface area contributed by atoms with Gasteiger partial charge in [0.15, 0.2) is 11.5 Å². The molecule has 0 unspecified atom stereocenters. The third kappa shape index (κ3) is 6.59. The lowest BCUT2D eigenvalue weighted by Crippen LogP contribution is -2.36. The quantitative estimate of drug-likeness (QED) is 0.185. The van der Waals surface area contributed by atoms with Crippen LogP contribution in [0.4, 0.5) is 10.5 Å². The molecule has 0 aromatic heterocycles. The van der Waals surface area contributed by atoms with Gasteiger partial charge in [0.1, 0.15) is 13.2 Å². The zero-order valence-corrected chi connectivity index (χ0v) is 25.0. The minimum absolute atomic E-state index is 0.201. The molecule has 0 spiro atoms. The van der Waals surface area contributed by atoms with Crippen LogP contribution >= 0.6 is 39.3 Å². The van der Waals surface area contributed by atoms with E-state index in [1.54, 1.807) is 30.3 Å². The molecule has 41 heavy (non-hydrogen) atoms. The van der Waals surface area contributed by atoms with Crippen molar-refractivity contribution in [3.8, 4) is 11.5 Å². The number of imide groups is 1. The largest absolute Gasteiger partial charge is 0.490 e. The van der Waals surface area contributed by atoms with Crippen LogP contribution in [-0.2, 0) is 16.2 Å². The number of rotatable bonds is 9. The lowest BCUT2D eigenvalue weighted by Gasteiger charge is -2.15. The Balaban J connectivity index is 1.31. The predicted octanol–water partition coefficient (Wildman–Crippen LogP) is 7.91. The number of carbonyl (C=O) groups is 3. The van der Waals surface area contributed by atoms with Crippen molar-refractivity contribution in [1.82, 2.24) is 4.90 Å². The van der Waals surface area contributed by atoms with Crippen LogP contribution < -0.4 is 14.8 Å². The van der Waals surface area contributed by atoms with E-state index in [0.29, 0.717) is 38.9 Å². The Morgan fingerprint density at radius 3 is 2.59 bits per heavy atom. The van der Waals surface area contributed by atoms with Gasteiger partial charge < -0.3 is 14.8 Å². The summed E-state index contributed by atoms with van der Waals surface area (Å²) in [7, 11) is 0. The molecule has 4 aromatic rings. The first-order chi connectivity index (χ1) is 19.8. The Labute approximate surface area is 254 Å². The second-order valence-electron chi connectivity index (χ2n) is 8.99. The molecule has 7 nitrogen and oxygen atoms in total. The number of fused-ring (bicyclic) bond motifs is 1. The molecule has 1 N–H and O–H groups in total. The third-order valence-corrected chi connectivity index (χ3v) is 8.06. The normalized spacial score (nSPS) is 14.1. The van der Waals surface area contributed by atoms with Gasteiger partial charge in [0, 0.05) is 21.7 Å². The monoisotopic (exact) mass is 650 g/mol. The summed E-state index contributed by atoms with van der Waals surface area (Å²) in [4.78, 5) is 39.8. The van der Waals surface area contributed by atoms with Crippen LogP contribution in [-0.4, -0.2) is 35.1 Å². The number of halogens is 2. The lowest BCUT2D eigenvalue weighted by atomic mass is 10.1. The van der Waals surface area contributed by atoms with E-state index in [4.69, 9.17) is 21.1 Å². The second-order valence-corrected chi connectivity index (χ2v) is 11.2. The number of anilines is 1. The Kier molecular flexibility index (Phi) is 8.97. The number of benzene rings is 4. The Bertz CT molecular complexity index is 1690. The zero-order chi connectivity index (χ0) is 28.9. The predicted molar refractivity (Wildman–Crippen MR) is 166 cm³/mol. The first-order valence-corrected chi connectivity index (χ1v) is 14.7. The van der Waals surface area contributed by atoms with Gasteiger partial charge in [0.2, 0.25) is 5.91 Å². The maximum Gasteiger partial charge on any atom is 0.294 e. The molecule has 0 radical (unpaired) electrons. The van der Waals surface area contributed by atoms with Crippen LogP contribution in [0, 0.1) is 0 Å². The summed E-state index contributed by atoms with van der Waals surface area (Å²) in [5, 5.41) is 4.74. The maximum atomic E-state index is 13.1. The highest BCUT2D eigenvalue weighted by Crippen LogP contribution is 2.40. The van der Waals surface area contributed by atoms with E-state index < -0.39 is 23.6 Å². The Hall–Kier alpha value is -3.79. The number of amides is 3. The Morgan fingerprint density at radius 1 is 1.02 bits per heavy atom. The molecular weight excluding hydrogens is 628 g/mol. The second kappa shape index (κ2) is 12.8. The van der Waals surface area contributed by atoms with Crippen molar-refractivity contribution in [2.75, 3.05) is 18.5 Å². The molecule has 1 heterocycles. The van der Waals surface area contributed by atoms with Gasteiger partial charge in [-0.05, 0) is 75.9 Å². The van der Waals surface area contributed by atoms with Crippen molar-refractivity contribution in [3.05, 3.63) is 104 Å². The van der Waals surface area contributed by atoms with Crippen molar-refractivity contribution < 1.29 is 23.9 Å². The number of thioether (sulfide) groups is 1. The van der Waals surface area contributed by atoms with Crippen molar-refractivity contribution in [1.29, 1.82) is 0 Å². The van der Waals surface area contributed by atoms with E-state index in [1.807, 2.05) is 61.5 Å². The molecule has 0 bridgehead atoms. The summed E-state index contributed by atoms with van der Waals surface area (Å²) in [5.74, 6) is -0.0523. The number of nitrogens with one attached hydrogen (secondary N) is 1. The summed E-state index contributed by atoms with van der Waals surface area (Å²) < 4.78 is 12.4. The molecule has 1 fully saturated rings. The summed E-state index contributed by atoms with van der Waals surface area (Å²) in [6, 6.07) is 24.1. The molecule has 4 aromatic carbocycles. The topological polar surface area (TPSA) is 84.9 Å². The van der Waals surface area contributed by atoms with Crippen LogP contribution in [0.1, 0.15) is 18.1 Å². The van der Waals surface area contributed by atoms with Gasteiger partial charge in [-0.1, -0.05) is 66.2 Å². The summed E-state index contributed by atoms with van der Waals surface area (Å²) in [5.41, 5.74) is 2.06. The SMILES string of the molecule is CCOc1cc(/C=C2/SC(=O)N(CC(=O)Nc3cccc4ccccc34)C2=O)cc(Br)c1OCc1ccccc1Cl. The van der Waals surface area contributed by atoms with Crippen LogP contribution in [0.5, 0.6) is 11.5 Å². The summed E-state index contributed by atoms with van der Waals surface area (Å²) in [6.45, 7) is 2.08. The molecular formula is C31H24BrClN2O5S. The minimum Gasteiger partial charge on any atom is -0.490 e. The van der Waals surface area contributed by atoms with Crippen molar-refractivity contribution in [3.63, 3.8) is 0 Å². The average molecular weight is 652 g/mol. The molecule has 0 atom stereocenters. The summed E-state index contributed by atoms with van der Waals surface area (Å²) >= 11 is 10.6. The molecule has 0 saturated carbocycles. The molecule has 5 rings (SSSR count). The highest BCUT2D eigenvalue weighted by Gasteiger charge is 2.36. The number of ether oxygens (including phenoxy) is 2. The fraction of sp³-hybridized carbons (Fsp3) is 0.129. The zero-order valence-electron chi connectivity index (χ0n) is 21.9. The van der Waals surface area contributed by atoms with E-state index in [1.165, 1.54) is 0 Å². The van der Waals surface area contributed by atoms with E-state index in [9.17, 15) is 14.4 Å². The van der Waals surface area contributed by atoms with Gasteiger partial charge in [-0.15, -0.1) is 0 Å². The number of nitrogens with zero attached hydrogens (tertiary/aromatic N) is 1. The molecule has 10 heteroatoms. The standard InChI is InChI=1S/C31H24BrClN2O5S/c1-2-39-26-15-19(14-23(32)29(26)40-18-21-9-4-6-12-24(21)33)16-27-30(37)35(31(38)41-27)17-28(36)34-25-13-7-10-20-8-3-5-11-22(20)25/h3-16H,2,17-18H2,1H3,(H,34,36)/b27-16+. The number of hydrogen-bond acceptors (Lipinski definition) is 6. The molecule has 0 aliphatic carbocycles. The van der Waals surface area contributed by atoms with Crippen LogP contribution in [0.15, 0.2) is 88.2 Å². The molecule has 208 valence electrons. The highest BCUT2D eigenvalue weighted by molar-refractivity contribution is 9.10. The van der Waals surface area contributed by atoms with Crippen molar-refractivity contribution in [2.24, 2.45) is 0 Å². The molecule has 1 aliphatic heterocycles.